The molecule has 0 bridgehead atoms. The third-order valence-corrected chi connectivity index (χ3v) is 3.78. The summed E-state index contributed by atoms with van der Waals surface area (Å²) >= 11 is 6.10. The highest BCUT2D eigenvalue weighted by Gasteiger charge is 2.29. The van der Waals surface area contributed by atoms with Gasteiger partial charge < -0.3 is 4.98 Å². The van der Waals surface area contributed by atoms with Crippen molar-refractivity contribution in [2.75, 3.05) is 0 Å². The van der Waals surface area contributed by atoms with Crippen LogP contribution in [0.15, 0.2) is 18.5 Å². The van der Waals surface area contributed by atoms with E-state index in [0.717, 1.165) is 34.7 Å². The summed E-state index contributed by atoms with van der Waals surface area (Å²) in [6, 6.07) is 3.25. The monoisotopic (exact) mass is 261 g/mol. The van der Waals surface area contributed by atoms with Crippen molar-refractivity contribution in [3.63, 3.8) is 0 Å². The number of nitrogens with zero attached hydrogens (tertiary/aromatic N) is 2. The van der Waals surface area contributed by atoms with Gasteiger partial charge in [-0.1, -0.05) is 11.6 Å². The van der Waals surface area contributed by atoms with E-state index in [0.29, 0.717) is 16.7 Å². The molecule has 5 heteroatoms. The Morgan fingerprint density at radius 3 is 2.89 bits per heavy atom. The Morgan fingerprint density at radius 2 is 2.11 bits per heavy atom. The minimum Gasteiger partial charge on any atom is -0.339 e. The van der Waals surface area contributed by atoms with Gasteiger partial charge in [0.05, 0.1) is 10.9 Å². The van der Waals surface area contributed by atoms with Gasteiger partial charge in [0.25, 0.3) is 0 Å². The van der Waals surface area contributed by atoms with Gasteiger partial charge in [-0.2, -0.15) is 0 Å². The van der Waals surface area contributed by atoms with Crippen LogP contribution < -0.4 is 0 Å². The van der Waals surface area contributed by atoms with Gasteiger partial charge >= 0.3 is 0 Å². The van der Waals surface area contributed by atoms with E-state index < -0.39 is 0 Å². The molecule has 3 aromatic rings. The molecule has 0 radical (unpaired) electrons. The molecule has 0 amide bonds. The van der Waals surface area contributed by atoms with Crippen LogP contribution >= 0.6 is 11.6 Å². The molecule has 1 aromatic carbocycles. The lowest BCUT2D eigenvalue weighted by Crippen LogP contribution is -1.88. The molecule has 4 rings (SSSR count). The number of halogens is 2. The molecule has 1 N–H and O–H groups in total. The molecule has 0 atom stereocenters. The first-order valence-electron chi connectivity index (χ1n) is 5.86. The first-order chi connectivity index (χ1) is 8.75. The summed E-state index contributed by atoms with van der Waals surface area (Å²) in [4.78, 5) is 11.3. The Bertz CT molecular complexity index is 777. The van der Waals surface area contributed by atoms with Gasteiger partial charge in [0.1, 0.15) is 22.9 Å². The van der Waals surface area contributed by atoms with Crippen LogP contribution in [0.1, 0.15) is 24.3 Å². The highest BCUT2D eigenvalue weighted by atomic mass is 35.5. The topological polar surface area (TPSA) is 41.6 Å². The second-order valence-electron chi connectivity index (χ2n) is 4.67. The maximum Gasteiger partial charge on any atom is 0.143 e. The molecular weight excluding hydrogens is 253 g/mol. The molecule has 1 fully saturated rings. The lowest BCUT2D eigenvalue weighted by atomic mass is 10.1. The fourth-order valence-electron chi connectivity index (χ4n) is 2.52. The molecule has 0 aliphatic heterocycles. The van der Waals surface area contributed by atoms with E-state index in [1.54, 1.807) is 6.07 Å². The molecule has 2 aromatic heterocycles. The lowest BCUT2D eigenvalue weighted by Gasteiger charge is -2.02. The Balaban J connectivity index is 2.21. The van der Waals surface area contributed by atoms with Crippen molar-refractivity contribution in [2.24, 2.45) is 0 Å². The average Bonchev–Trinajstić information content (AvgIpc) is 3.09. The zero-order valence-electron chi connectivity index (χ0n) is 9.37. The molecule has 0 unspecified atom stereocenters. The molecule has 1 saturated carbocycles. The zero-order valence-corrected chi connectivity index (χ0v) is 10.1. The summed E-state index contributed by atoms with van der Waals surface area (Å²) in [5, 5.41) is 2.08. The third kappa shape index (κ3) is 1.29. The third-order valence-electron chi connectivity index (χ3n) is 3.49. The summed E-state index contributed by atoms with van der Waals surface area (Å²) < 4.78 is 14.0. The predicted molar refractivity (Wildman–Crippen MR) is 68.3 cm³/mol. The van der Waals surface area contributed by atoms with Crippen LogP contribution in [0, 0.1) is 5.82 Å². The summed E-state index contributed by atoms with van der Waals surface area (Å²) in [7, 11) is 0. The Kier molecular flexibility index (Phi) is 1.95. The van der Waals surface area contributed by atoms with E-state index in [1.807, 2.05) is 0 Å². The maximum atomic E-state index is 14.0. The van der Waals surface area contributed by atoms with Gasteiger partial charge in [-0.15, -0.1) is 0 Å². The largest absolute Gasteiger partial charge is 0.339 e. The van der Waals surface area contributed by atoms with Crippen molar-refractivity contribution in [2.45, 2.75) is 18.8 Å². The van der Waals surface area contributed by atoms with Gasteiger partial charge in [0, 0.05) is 10.9 Å². The molecule has 0 saturated heterocycles. The fourth-order valence-corrected chi connectivity index (χ4v) is 2.76. The van der Waals surface area contributed by atoms with Gasteiger partial charge in [-0.25, -0.2) is 14.4 Å². The zero-order chi connectivity index (χ0) is 12.3. The number of H-pyrrole nitrogens is 1. The first-order valence-corrected chi connectivity index (χ1v) is 6.24. The van der Waals surface area contributed by atoms with Crippen molar-refractivity contribution in [1.82, 2.24) is 15.0 Å². The smallest absolute Gasteiger partial charge is 0.143 e. The van der Waals surface area contributed by atoms with Crippen LogP contribution in [0.3, 0.4) is 0 Å². The summed E-state index contributed by atoms with van der Waals surface area (Å²) in [5.41, 5.74) is 2.24. The van der Waals surface area contributed by atoms with Crippen molar-refractivity contribution in [1.29, 1.82) is 0 Å². The second kappa shape index (κ2) is 3.42. The van der Waals surface area contributed by atoms with E-state index in [4.69, 9.17) is 11.6 Å². The lowest BCUT2D eigenvalue weighted by molar-refractivity contribution is 0.613. The molecule has 90 valence electrons. The summed E-state index contributed by atoms with van der Waals surface area (Å²) in [6.45, 7) is 0. The van der Waals surface area contributed by atoms with Gasteiger partial charge in [-0.05, 0) is 30.9 Å². The van der Waals surface area contributed by atoms with Crippen molar-refractivity contribution in [3.8, 4) is 0 Å². The van der Waals surface area contributed by atoms with Gasteiger partial charge in [-0.3, -0.25) is 0 Å². The number of aromatic nitrogens is 3. The number of rotatable bonds is 1. The van der Waals surface area contributed by atoms with Crippen LogP contribution in [0.25, 0.3) is 21.9 Å². The van der Waals surface area contributed by atoms with Gasteiger partial charge in [0.15, 0.2) is 0 Å². The molecule has 1 aliphatic rings. The molecular formula is C13H9ClFN3. The summed E-state index contributed by atoms with van der Waals surface area (Å²) in [6.07, 6.45) is 3.50. The van der Waals surface area contributed by atoms with Crippen molar-refractivity contribution in [3.05, 3.63) is 35.0 Å². The van der Waals surface area contributed by atoms with Gasteiger partial charge in [0.2, 0.25) is 0 Å². The second-order valence-corrected chi connectivity index (χ2v) is 5.03. The summed E-state index contributed by atoms with van der Waals surface area (Å²) in [5.74, 6) is 0.175. The van der Waals surface area contributed by atoms with E-state index >= 15 is 0 Å². The number of benzene rings is 1. The molecule has 18 heavy (non-hydrogen) atoms. The SMILES string of the molecule is Fc1ccc2c([nH]c3ncnc(Cl)c32)c1C1CC1. The molecule has 3 nitrogen and oxygen atoms in total. The highest BCUT2D eigenvalue weighted by Crippen LogP contribution is 2.45. The minimum atomic E-state index is -0.152. The van der Waals surface area contributed by atoms with Crippen LogP contribution in [-0.2, 0) is 0 Å². The number of nitrogens with one attached hydrogen (secondary N) is 1. The van der Waals surface area contributed by atoms with Crippen LogP contribution in [0.5, 0.6) is 0 Å². The van der Waals surface area contributed by atoms with Crippen LogP contribution in [-0.4, -0.2) is 15.0 Å². The van der Waals surface area contributed by atoms with E-state index in [1.165, 1.54) is 12.4 Å². The fraction of sp³-hybridized carbons (Fsp3) is 0.231. The number of aromatic amines is 1. The van der Waals surface area contributed by atoms with Crippen molar-refractivity contribution >= 4 is 33.5 Å². The normalized spacial score (nSPS) is 15.7. The van der Waals surface area contributed by atoms with E-state index in [2.05, 4.69) is 15.0 Å². The molecule has 0 spiro atoms. The van der Waals surface area contributed by atoms with Crippen molar-refractivity contribution < 1.29 is 4.39 Å². The van der Waals surface area contributed by atoms with Crippen LogP contribution in [0.4, 0.5) is 4.39 Å². The predicted octanol–water partition coefficient (Wildman–Crippen LogP) is 3.78. The number of fused-ring (bicyclic) bond motifs is 3. The Labute approximate surface area is 107 Å². The quantitative estimate of drug-likeness (QED) is 0.677. The van der Waals surface area contributed by atoms with Crippen LogP contribution in [0.2, 0.25) is 5.15 Å². The molecule has 1 aliphatic carbocycles. The van der Waals surface area contributed by atoms with E-state index in [-0.39, 0.29) is 5.82 Å². The molecule has 2 heterocycles. The number of hydrogen-bond acceptors (Lipinski definition) is 2. The number of hydrogen-bond donors (Lipinski definition) is 1. The highest BCUT2D eigenvalue weighted by molar-refractivity contribution is 6.36. The Morgan fingerprint density at radius 1 is 1.28 bits per heavy atom. The standard InChI is InChI=1S/C13H9ClFN3/c14-12-10-7-3-4-8(15)9(6-1-2-6)11(7)18-13(10)17-5-16-12/h3-6H,1-2H2,(H,16,17,18). The maximum absolute atomic E-state index is 14.0. The van der Waals surface area contributed by atoms with E-state index in [9.17, 15) is 4.39 Å². The average molecular weight is 262 g/mol. The first kappa shape index (κ1) is 10.3. The minimum absolute atomic E-state index is 0.152. The Hall–Kier alpha value is -1.68.